The molecule has 0 aliphatic carbocycles. The minimum atomic E-state index is -0.703. The van der Waals surface area contributed by atoms with Gasteiger partial charge in [-0.25, -0.2) is 14.9 Å². The zero-order valence-corrected chi connectivity index (χ0v) is 18.4. The number of hydrogen-bond acceptors (Lipinski definition) is 6. The number of carbonyl (C=O) groups excluding carboxylic acids is 1. The van der Waals surface area contributed by atoms with Crippen LogP contribution in [0.4, 0.5) is 9.52 Å². The predicted molar refractivity (Wildman–Crippen MR) is 123 cm³/mol. The number of nitrogens with zero attached hydrogens (tertiary/aromatic N) is 2. The summed E-state index contributed by atoms with van der Waals surface area (Å²) in [4.78, 5) is 19.9. The Kier molecular flexibility index (Phi) is 5.21. The standard InChI is InChI=1S/C23H20FN3O2S2/c1-13-16-6-2-3-7-20(16)31-21(13)19-12-30-23(25-19)27-8-4-5-14-9-15(22(28)26-29)10-18(24)17(14)11-27/h2-3,6-7,9-10,12,29H,4-5,8,11H2,1H3,(H,26,28). The molecule has 0 unspecified atom stereocenters. The van der Waals surface area contributed by atoms with Gasteiger partial charge in [0, 0.05) is 34.3 Å². The van der Waals surface area contributed by atoms with E-state index in [1.165, 1.54) is 26.6 Å². The van der Waals surface area contributed by atoms with Gasteiger partial charge in [-0.05, 0) is 54.5 Å². The van der Waals surface area contributed by atoms with Crippen LogP contribution in [0, 0.1) is 12.7 Å². The van der Waals surface area contributed by atoms with Gasteiger partial charge in [-0.1, -0.05) is 18.2 Å². The molecule has 2 aromatic heterocycles. The molecule has 0 saturated heterocycles. The Labute approximate surface area is 186 Å². The van der Waals surface area contributed by atoms with Crippen LogP contribution in [0.1, 0.15) is 33.5 Å². The number of amides is 1. The molecule has 0 atom stereocenters. The number of hydrogen-bond donors (Lipinski definition) is 2. The lowest BCUT2D eigenvalue weighted by Crippen LogP contribution is -2.23. The number of thiazole rings is 1. The number of thiophene rings is 1. The fraction of sp³-hybridized carbons (Fsp3) is 0.217. The van der Waals surface area contributed by atoms with Crippen LogP contribution in [-0.2, 0) is 13.0 Å². The van der Waals surface area contributed by atoms with Crippen molar-refractivity contribution in [1.29, 1.82) is 0 Å². The first-order chi connectivity index (χ1) is 15.0. The number of aromatic nitrogens is 1. The first-order valence-corrected chi connectivity index (χ1v) is 11.7. The van der Waals surface area contributed by atoms with Crippen molar-refractivity contribution in [1.82, 2.24) is 10.5 Å². The zero-order chi connectivity index (χ0) is 21.5. The number of halogens is 1. The molecule has 8 heteroatoms. The molecule has 5 rings (SSSR count). The summed E-state index contributed by atoms with van der Waals surface area (Å²) in [6.07, 6.45) is 1.50. The highest BCUT2D eigenvalue weighted by molar-refractivity contribution is 7.23. The molecule has 1 aliphatic heterocycles. The molecule has 5 nitrogen and oxygen atoms in total. The maximum Gasteiger partial charge on any atom is 0.274 e. The highest BCUT2D eigenvalue weighted by Gasteiger charge is 2.23. The second-order valence-electron chi connectivity index (χ2n) is 7.63. The summed E-state index contributed by atoms with van der Waals surface area (Å²) >= 11 is 3.32. The van der Waals surface area contributed by atoms with E-state index >= 15 is 0 Å². The maximum absolute atomic E-state index is 14.8. The molecular formula is C23H20FN3O2S2. The van der Waals surface area contributed by atoms with E-state index in [0.717, 1.165) is 29.4 Å². The fourth-order valence-electron chi connectivity index (χ4n) is 4.12. The Balaban J connectivity index is 1.46. The quantitative estimate of drug-likeness (QED) is 0.316. The molecule has 1 amide bonds. The molecule has 158 valence electrons. The van der Waals surface area contributed by atoms with Crippen molar-refractivity contribution in [3.8, 4) is 10.6 Å². The summed E-state index contributed by atoms with van der Waals surface area (Å²) in [7, 11) is 0. The molecule has 4 aromatic rings. The first-order valence-electron chi connectivity index (χ1n) is 10.00. The van der Waals surface area contributed by atoms with Crippen LogP contribution >= 0.6 is 22.7 Å². The summed E-state index contributed by atoms with van der Waals surface area (Å²) in [5.41, 5.74) is 5.28. The van der Waals surface area contributed by atoms with Crippen LogP contribution in [0.15, 0.2) is 41.8 Å². The third kappa shape index (κ3) is 3.60. The minimum Gasteiger partial charge on any atom is -0.344 e. The lowest BCUT2D eigenvalue weighted by molar-refractivity contribution is 0.0705. The summed E-state index contributed by atoms with van der Waals surface area (Å²) in [6, 6.07) is 11.2. The number of aryl methyl sites for hydroxylation is 2. The number of anilines is 1. The van der Waals surface area contributed by atoms with E-state index in [9.17, 15) is 9.18 Å². The fourth-order valence-corrected chi connectivity index (χ4v) is 6.20. The highest BCUT2D eigenvalue weighted by Crippen LogP contribution is 2.40. The van der Waals surface area contributed by atoms with Crippen molar-refractivity contribution in [2.75, 3.05) is 11.4 Å². The molecule has 2 aromatic carbocycles. The predicted octanol–water partition coefficient (Wildman–Crippen LogP) is 5.54. The molecule has 0 radical (unpaired) electrons. The molecule has 0 saturated carbocycles. The van der Waals surface area contributed by atoms with Crippen molar-refractivity contribution in [3.63, 3.8) is 0 Å². The SMILES string of the molecule is Cc1c(-c2csc(N3CCCc4cc(C(=O)NO)cc(F)c4C3)n2)sc2ccccc12. The van der Waals surface area contributed by atoms with E-state index in [1.807, 2.05) is 6.07 Å². The van der Waals surface area contributed by atoms with Gasteiger partial charge < -0.3 is 4.90 Å². The molecule has 1 aliphatic rings. The van der Waals surface area contributed by atoms with E-state index in [1.54, 1.807) is 34.2 Å². The van der Waals surface area contributed by atoms with Crippen LogP contribution in [-0.4, -0.2) is 22.6 Å². The average molecular weight is 454 g/mol. The second kappa shape index (κ2) is 8.03. The number of rotatable bonds is 3. The van der Waals surface area contributed by atoms with E-state index in [0.29, 0.717) is 18.5 Å². The number of fused-ring (bicyclic) bond motifs is 2. The summed E-state index contributed by atoms with van der Waals surface area (Å²) in [6.45, 7) is 3.29. The van der Waals surface area contributed by atoms with Crippen molar-refractivity contribution in [2.24, 2.45) is 0 Å². The molecular weight excluding hydrogens is 433 g/mol. The van der Waals surface area contributed by atoms with E-state index in [-0.39, 0.29) is 5.56 Å². The highest BCUT2D eigenvalue weighted by atomic mass is 32.1. The van der Waals surface area contributed by atoms with E-state index in [4.69, 9.17) is 10.2 Å². The van der Waals surface area contributed by atoms with Crippen LogP contribution in [0.25, 0.3) is 20.7 Å². The average Bonchev–Trinajstić information content (AvgIpc) is 3.32. The lowest BCUT2D eigenvalue weighted by atomic mass is 10.00. The van der Waals surface area contributed by atoms with Crippen molar-refractivity contribution in [2.45, 2.75) is 26.3 Å². The third-order valence-corrected chi connectivity index (χ3v) is 7.91. The van der Waals surface area contributed by atoms with Gasteiger partial charge in [-0.3, -0.25) is 10.0 Å². The van der Waals surface area contributed by atoms with Gasteiger partial charge in [-0.2, -0.15) is 0 Å². The van der Waals surface area contributed by atoms with Gasteiger partial charge in [0.05, 0.1) is 10.6 Å². The number of benzene rings is 2. The molecule has 3 heterocycles. The van der Waals surface area contributed by atoms with Gasteiger partial charge in [0.15, 0.2) is 5.13 Å². The van der Waals surface area contributed by atoms with Crippen molar-refractivity contribution in [3.05, 3.63) is 69.8 Å². The van der Waals surface area contributed by atoms with Gasteiger partial charge in [0.2, 0.25) is 0 Å². The topological polar surface area (TPSA) is 65.5 Å². The van der Waals surface area contributed by atoms with Crippen LogP contribution < -0.4 is 10.4 Å². The van der Waals surface area contributed by atoms with E-state index in [2.05, 4.69) is 35.4 Å². The van der Waals surface area contributed by atoms with Crippen LogP contribution in [0.3, 0.4) is 0 Å². The molecule has 2 N–H and O–H groups in total. The molecule has 0 fully saturated rings. The smallest absolute Gasteiger partial charge is 0.274 e. The number of carbonyl (C=O) groups is 1. The van der Waals surface area contributed by atoms with E-state index < -0.39 is 11.7 Å². The molecule has 0 bridgehead atoms. The van der Waals surface area contributed by atoms with Crippen LogP contribution in [0.2, 0.25) is 0 Å². The minimum absolute atomic E-state index is 0.129. The van der Waals surface area contributed by atoms with Crippen LogP contribution in [0.5, 0.6) is 0 Å². The summed E-state index contributed by atoms with van der Waals surface area (Å²) < 4.78 is 16.1. The Morgan fingerprint density at radius 1 is 1.29 bits per heavy atom. The Morgan fingerprint density at radius 2 is 2.13 bits per heavy atom. The van der Waals surface area contributed by atoms with Gasteiger partial charge in [0.1, 0.15) is 5.82 Å². The molecule has 31 heavy (non-hydrogen) atoms. The van der Waals surface area contributed by atoms with Gasteiger partial charge in [0.25, 0.3) is 5.91 Å². The summed E-state index contributed by atoms with van der Waals surface area (Å²) in [5.74, 6) is -1.13. The van der Waals surface area contributed by atoms with Gasteiger partial charge >= 0.3 is 0 Å². The second-order valence-corrected chi connectivity index (χ2v) is 9.52. The Hall–Kier alpha value is -2.81. The summed E-state index contributed by atoms with van der Waals surface area (Å²) in [5, 5.41) is 13.1. The number of nitrogens with one attached hydrogen (secondary N) is 1. The number of hydroxylamine groups is 1. The largest absolute Gasteiger partial charge is 0.344 e. The Bertz CT molecular complexity index is 1300. The zero-order valence-electron chi connectivity index (χ0n) is 16.8. The first kappa shape index (κ1) is 20.1. The normalized spacial score (nSPS) is 13.8. The Morgan fingerprint density at radius 3 is 2.94 bits per heavy atom. The van der Waals surface area contributed by atoms with Gasteiger partial charge in [-0.15, -0.1) is 22.7 Å². The monoisotopic (exact) mass is 453 g/mol. The van der Waals surface area contributed by atoms with Crippen molar-refractivity contribution >= 4 is 43.8 Å². The maximum atomic E-state index is 14.8. The molecule has 0 spiro atoms. The lowest BCUT2D eigenvalue weighted by Gasteiger charge is -2.20. The third-order valence-electron chi connectivity index (χ3n) is 5.71. The van der Waals surface area contributed by atoms with Crippen molar-refractivity contribution < 1.29 is 14.4 Å².